The number of aromatic nitrogens is 1. The summed E-state index contributed by atoms with van der Waals surface area (Å²) >= 11 is 0. The van der Waals surface area contributed by atoms with Crippen molar-refractivity contribution in [2.24, 2.45) is 0 Å². The zero-order valence-corrected chi connectivity index (χ0v) is 17.5. The van der Waals surface area contributed by atoms with Gasteiger partial charge in [-0.15, -0.1) is 0 Å². The molecule has 1 aromatic heterocycles. The fourth-order valence-corrected chi connectivity index (χ4v) is 4.53. The van der Waals surface area contributed by atoms with E-state index in [-0.39, 0.29) is 11.9 Å². The van der Waals surface area contributed by atoms with Crippen molar-refractivity contribution in [1.82, 2.24) is 14.8 Å². The number of benzene rings is 2. The van der Waals surface area contributed by atoms with Crippen molar-refractivity contribution in [2.75, 3.05) is 32.7 Å². The maximum Gasteiger partial charge on any atom is 0.125 e. The molecule has 31 heavy (non-hydrogen) atoms. The standard InChI is InChI=1S/C26H26FN3O/c27-22-9-10-25-24(17-22)26(23-8-2-1-7-21(23)19-31-25)30-15-13-29(14-16-30)12-4-6-20-5-3-11-28-18-20/h1-11,17-18,26H,12-16,19H2/b6-4+. The smallest absolute Gasteiger partial charge is 0.125 e. The quantitative estimate of drug-likeness (QED) is 0.626. The van der Waals surface area contributed by atoms with Crippen molar-refractivity contribution >= 4 is 6.08 Å². The summed E-state index contributed by atoms with van der Waals surface area (Å²) < 4.78 is 20.2. The van der Waals surface area contributed by atoms with Crippen LogP contribution in [0.4, 0.5) is 4.39 Å². The highest BCUT2D eigenvalue weighted by atomic mass is 19.1. The van der Waals surface area contributed by atoms with Gasteiger partial charge in [-0.25, -0.2) is 4.39 Å². The van der Waals surface area contributed by atoms with E-state index in [1.807, 2.05) is 18.3 Å². The first kappa shape index (κ1) is 19.9. The van der Waals surface area contributed by atoms with Crippen molar-refractivity contribution in [1.29, 1.82) is 0 Å². The second-order valence-corrected chi connectivity index (χ2v) is 8.10. The average Bonchev–Trinajstić information content (AvgIpc) is 2.97. The van der Waals surface area contributed by atoms with Crippen molar-refractivity contribution in [3.05, 3.63) is 101 Å². The van der Waals surface area contributed by atoms with Crippen molar-refractivity contribution in [2.45, 2.75) is 12.6 Å². The molecule has 0 N–H and O–H groups in total. The van der Waals surface area contributed by atoms with Gasteiger partial charge >= 0.3 is 0 Å². The summed E-state index contributed by atoms with van der Waals surface area (Å²) in [6.07, 6.45) is 7.98. The Labute approximate surface area is 182 Å². The van der Waals surface area contributed by atoms with Crippen LogP contribution in [0.1, 0.15) is 28.3 Å². The Balaban J connectivity index is 1.33. The molecule has 3 aromatic rings. The Morgan fingerprint density at radius 2 is 1.87 bits per heavy atom. The molecule has 0 spiro atoms. The molecule has 0 radical (unpaired) electrons. The third kappa shape index (κ3) is 4.38. The molecule has 2 aromatic carbocycles. The number of hydrogen-bond donors (Lipinski definition) is 0. The van der Waals surface area contributed by atoms with Gasteiger partial charge in [0, 0.05) is 50.7 Å². The minimum absolute atomic E-state index is 0.0116. The first-order chi connectivity index (χ1) is 15.3. The van der Waals surface area contributed by atoms with E-state index in [1.165, 1.54) is 17.2 Å². The highest BCUT2D eigenvalue weighted by Gasteiger charge is 2.31. The topological polar surface area (TPSA) is 28.6 Å². The molecule has 3 heterocycles. The lowest BCUT2D eigenvalue weighted by Crippen LogP contribution is -2.47. The molecule has 0 aliphatic carbocycles. The first-order valence-corrected chi connectivity index (χ1v) is 10.8. The van der Waals surface area contributed by atoms with Crippen molar-refractivity contribution in [3.63, 3.8) is 0 Å². The molecule has 2 aliphatic rings. The number of hydrogen-bond acceptors (Lipinski definition) is 4. The molecule has 0 amide bonds. The molecule has 5 rings (SSSR count). The predicted octanol–water partition coefficient (Wildman–Crippen LogP) is 4.53. The lowest BCUT2D eigenvalue weighted by atomic mass is 9.93. The van der Waals surface area contributed by atoms with Gasteiger partial charge in [0.2, 0.25) is 0 Å². The highest BCUT2D eigenvalue weighted by Crippen LogP contribution is 2.40. The Hall–Kier alpha value is -3.02. The van der Waals surface area contributed by atoms with Crippen LogP contribution < -0.4 is 4.74 Å². The first-order valence-electron chi connectivity index (χ1n) is 10.8. The molecule has 5 heteroatoms. The van der Waals surface area contributed by atoms with E-state index in [1.54, 1.807) is 18.3 Å². The van der Waals surface area contributed by atoms with Gasteiger partial charge in [-0.1, -0.05) is 42.5 Å². The summed E-state index contributed by atoms with van der Waals surface area (Å²) in [6.45, 7) is 5.23. The fourth-order valence-electron chi connectivity index (χ4n) is 4.53. The SMILES string of the molecule is Fc1ccc2c(c1)C(N1CCN(C/C=C/c3cccnc3)CC1)c1ccccc1CO2. The molecule has 0 bridgehead atoms. The van der Waals surface area contributed by atoms with Crippen LogP contribution in [-0.4, -0.2) is 47.5 Å². The number of pyridine rings is 1. The normalized spacial score (nSPS) is 19.5. The van der Waals surface area contributed by atoms with Gasteiger partial charge in [0.1, 0.15) is 18.2 Å². The maximum atomic E-state index is 14.2. The Kier molecular flexibility index (Phi) is 5.78. The van der Waals surface area contributed by atoms with E-state index in [0.29, 0.717) is 6.61 Å². The van der Waals surface area contributed by atoms with Crippen LogP contribution in [0.25, 0.3) is 6.08 Å². The summed E-state index contributed by atoms with van der Waals surface area (Å²) in [5.74, 6) is 0.565. The Morgan fingerprint density at radius 3 is 2.71 bits per heavy atom. The molecule has 0 saturated carbocycles. The summed E-state index contributed by atoms with van der Waals surface area (Å²) in [5, 5.41) is 0. The van der Waals surface area contributed by atoms with Crippen LogP contribution >= 0.6 is 0 Å². The predicted molar refractivity (Wildman–Crippen MR) is 120 cm³/mol. The number of piperazine rings is 1. The van der Waals surface area contributed by atoms with Gasteiger partial charge in [-0.2, -0.15) is 0 Å². The molecule has 1 atom stereocenters. The second kappa shape index (κ2) is 9.00. The molecule has 2 aliphatic heterocycles. The molecular formula is C26H26FN3O. The summed E-state index contributed by atoms with van der Waals surface area (Å²) in [4.78, 5) is 9.07. The van der Waals surface area contributed by atoms with E-state index in [4.69, 9.17) is 4.74 Å². The fraction of sp³-hybridized carbons (Fsp3) is 0.269. The van der Waals surface area contributed by atoms with Crippen LogP contribution in [0.3, 0.4) is 0 Å². The highest BCUT2D eigenvalue weighted by molar-refractivity contribution is 5.48. The molecule has 4 nitrogen and oxygen atoms in total. The second-order valence-electron chi connectivity index (χ2n) is 8.10. The van der Waals surface area contributed by atoms with Crippen LogP contribution in [-0.2, 0) is 6.61 Å². The van der Waals surface area contributed by atoms with E-state index >= 15 is 0 Å². The number of fused-ring (bicyclic) bond motifs is 2. The minimum atomic E-state index is -0.217. The van der Waals surface area contributed by atoms with Gasteiger partial charge in [0.25, 0.3) is 0 Å². The minimum Gasteiger partial charge on any atom is -0.489 e. The molecule has 1 fully saturated rings. The summed E-state index contributed by atoms with van der Waals surface area (Å²) in [7, 11) is 0. The van der Waals surface area contributed by atoms with Gasteiger partial charge in [0.15, 0.2) is 0 Å². The van der Waals surface area contributed by atoms with Crippen molar-refractivity contribution < 1.29 is 9.13 Å². The third-order valence-corrected chi connectivity index (χ3v) is 6.13. The van der Waals surface area contributed by atoms with E-state index in [0.717, 1.165) is 49.6 Å². The molecule has 158 valence electrons. The van der Waals surface area contributed by atoms with Crippen LogP contribution in [0.2, 0.25) is 0 Å². The van der Waals surface area contributed by atoms with Gasteiger partial charge < -0.3 is 4.74 Å². The number of rotatable bonds is 4. The monoisotopic (exact) mass is 415 g/mol. The Bertz CT molecular complexity index is 1060. The zero-order chi connectivity index (χ0) is 21.0. The van der Waals surface area contributed by atoms with Gasteiger partial charge in [-0.3, -0.25) is 14.8 Å². The molecular weight excluding hydrogens is 389 g/mol. The number of nitrogens with zero attached hydrogens (tertiary/aromatic N) is 3. The number of ether oxygens (including phenoxy) is 1. The van der Waals surface area contributed by atoms with Crippen molar-refractivity contribution in [3.8, 4) is 5.75 Å². The third-order valence-electron chi connectivity index (χ3n) is 6.13. The number of halogens is 1. The Morgan fingerprint density at radius 1 is 1.00 bits per heavy atom. The summed E-state index contributed by atoms with van der Waals surface area (Å²) in [6, 6.07) is 17.3. The van der Waals surface area contributed by atoms with Crippen LogP contribution in [0.5, 0.6) is 5.75 Å². The van der Waals surface area contributed by atoms with Gasteiger partial charge in [0.05, 0.1) is 6.04 Å². The maximum absolute atomic E-state index is 14.2. The average molecular weight is 416 g/mol. The lowest BCUT2D eigenvalue weighted by Gasteiger charge is -2.39. The molecule has 1 saturated heterocycles. The molecule has 1 unspecified atom stereocenters. The van der Waals surface area contributed by atoms with E-state index < -0.39 is 0 Å². The zero-order valence-electron chi connectivity index (χ0n) is 17.5. The van der Waals surface area contributed by atoms with E-state index in [9.17, 15) is 4.39 Å². The van der Waals surface area contributed by atoms with Gasteiger partial charge in [-0.05, 0) is 41.0 Å². The largest absolute Gasteiger partial charge is 0.489 e. The van der Waals surface area contributed by atoms with Crippen LogP contribution in [0.15, 0.2) is 73.1 Å². The lowest BCUT2D eigenvalue weighted by molar-refractivity contribution is 0.117. The summed E-state index contributed by atoms with van der Waals surface area (Å²) in [5.41, 5.74) is 4.44. The van der Waals surface area contributed by atoms with E-state index in [2.05, 4.69) is 51.2 Å². The van der Waals surface area contributed by atoms with Crippen LogP contribution in [0, 0.1) is 5.82 Å².